The van der Waals surface area contributed by atoms with E-state index in [2.05, 4.69) is 32.9 Å². The van der Waals surface area contributed by atoms with E-state index in [1.165, 1.54) is 0 Å². The van der Waals surface area contributed by atoms with E-state index >= 15 is 0 Å². The van der Waals surface area contributed by atoms with Crippen LogP contribution in [0.25, 0.3) is 16.9 Å². The van der Waals surface area contributed by atoms with Gasteiger partial charge in [-0.1, -0.05) is 18.2 Å². The lowest BCUT2D eigenvalue weighted by molar-refractivity contribution is 0.949. The first kappa shape index (κ1) is 14.7. The molecule has 0 aliphatic rings. The Morgan fingerprint density at radius 3 is 2.88 bits per heavy atom. The van der Waals surface area contributed by atoms with Gasteiger partial charge in [0, 0.05) is 35.4 Å². The van der Waals surface area contributed by atoms with Gasteiger partial charge in [-0.05, 0) is 29.8 Å². The number of hydrogen-bond acceptors (Lipinski definition) is 5. The Kier molecular flexibility index (Phi) is 3.88. The van der Waals surface area contributed by atoms with E-state index in [-0.39, 0.29) is 0 Å². The largest absolute Gasteiger partial charge is 0.366 e. The van der Waals surface area contributed by atoms with Crippen molar-refractivity contribution in [3.05, 3.63) is 72.8 Å². The molecular weight excluding hydrogens is 318 g/mol. The average Bonchev–Trinajstić information content (AvgIpc) is 3.05. The summed E-state index contributed by atoms with van der Waals surface area (Å²) in [4.78, 5) is 14.1. The summed E-state index contributed by atoms with van der Waals surface area (Å²) in [5.41, 5.74) is 2.10. The van der Waals surface area contributed by atoms with Crippen molar-refractivity contribution in [3.8, 4) is 5.95 Å². The van der Waals surface area contributed by atoms with Crippen LogP contribution in [0.3, 0.4) is 0 Å². The molecule has 118 valence electrons. The molecule has 24 heavy (non-hydrogen) atoms. The van der Waals surface area contributed by atoms with Gasteiger partial charge in [-0.15, -0.1) is 12.6 Å². The van der Waals surface area contributed by atoms with Crippen molar-refractivity contribution < 1.29 is 0 Å². The van der Waals surface area contributed by atoms with Gasteiger partial charge in [-0.2, -0.15) is 4.98 Å². The Balaban J connectivity index is 1.61. The highest BCUT2D eigenvalue weighted by Gasteiger charge is 2.06. The summed E-state index contributed by atoms with van der Waals surface area (Å²) in [5, 5.41) is 4.43. The second kappa shape index (κ2) is 6.33. The zero-order valence-electron chi connectivity index (χ0n) is 12.8. The van der Waals surface area contributed by atoms with Crippen molar-refractivity contribution in [1.82, 2.24) is 19.5 Å². The minimum atomic E-state index is 0.613. The molecular formula is C18H15N5S. The normalized spacial score (nSPS) is 10.9. The molecule has 4 rings (SSSR count). The predicted molar refractivity (Wildman–Crippen MR) is 97.7 cm³/mol. The molecule has 1 aromatic carbocycles. The van der Waals surface area contributed by atoms with Crippen LogP contribution in [0.4, 0.5) is 5.82 Å². The quantitative estimate of drug-likeness (QED) is 0.559. The Labute approximate surface area is 144 Å². The van der Waals surface area contributed by atoms with Crippen molar-refractivity contribution in [1.29, 1.82) is 0 Å². The summed E-state index contributed by atoms with van der Waals surface area (Å²) in [7, 11) is 0. The van der Waals surface area contributed by atoms with Crippen molar-refractivity contribution in [3.63, 3.8) is 0 Å². The zero-order valence-corrected chi connectivity index (χ0v) is 13.7. The molecule has 3 aromatic heterocycles. The van der Waals surface area contributed by atoms with Gasteiger partial charge in [0.15, 0.2) is 0 Å². The van der Waals surface area contributed by atoms with Crippen LogP contribution in [0, 0.1) is 0 Å². The molecule has 1 N–H and O–H groups in total. The molecule has 0 bridgehead atoms. The molecule has 0 spiro atoms. The number of rotatable bonds is 4. The first-order chi connectivity index (χ1) is 11.8. The Morgan fingerprint density at radius 1 is 1.04 bits per heavy atom. The molecule has 0 amide bonds. The van der Waals surface area contributed by atoms with E-state index in [1.54, 1.807) is 12.4 Å². The molecule has 6 heteroatoms. The minimum Gasteiger partial charge on any atom is -0.366 e. The first-order valence-electron chi connectivity index (χ1n) is 7.56. The number of thiol groups is 1. The summed E-state index contributed by atoms with van der Waals surface area (Å²) in [5.74, 6) is 1.38. The van der Waals surface area contributed by atoms with E-state index in [1.807, 2.05) is 59.4 Å². The molecule has 0 aliphatic heterocycles. The van der Waals surface area contributed by atoms with Gasteiger partial charge < -0.3 is 5.32 Å². The van der Waals surface area contributed by atoms with Gasteiger partial charge in [-0.25, -0.2) is 4.98 Å². The Morgan fingerprint density at radius 2 is 1.96 bits per heavy atom. The Hall–Kier alpha value is -2.86. The standard InChI is InChI=1S/C18H15N5S/c24-16-4-2-1-3-14(16)11-21-17-6-9-20-18(22-17)23-10-7-13-5-8-19-12-15(13)23/h1-10,12,24H,11H2,(H,20,21,22). The summed E-state index contributed by atoms with van der Waals surface area (Å²) in [6.07, 6.45) is 7.30. The fourth-order valence-corrected chi connectivity index (χ4v) is 2.80. The van der Waals surface area contributed by atoms with E-state index in [0.717, 1.165) is 27.2 Å². The SMILES string of the molecule is Sc1ccccc1CNc1ccnc(-n2ccc3ccncc32)n1. The highest BCUT2D eigenvalue weighted by atomic mass is 32.1. The van der Waals surface area contributed by atoms with Crippen LogP contribution in [0.15, 0.2) is 72.1 Å². The maximum atomic E-state index is 4.60. The van der Waals surface area contributed by atoms with Crippen molar-refractivity contribution in [2.75, 3.05) is 5.32 Å². The smallest absolute Gasteiger partial charge is 0.236 e. The van der Waals surface area contributed by atoms with Crippen molar-refractivity contribution in [2.24, 2.45) is 0 Å². The van der Waals surface area contributed by atoms with E-state index in [9.17, 15) is 0 Å². The van der Waals surface area contributed by atoms with Crippen molar-refractivity contribution in [2.45, 2.75) is 11.4 Å². The van der Waals surface area contributed by atoms with E-state index in [0.29, 0.717) is 12.5 Å². The summed E-state index contributed by atoms with van der Waals surface area (Å²) < 4.78 is 1.93. The van der Waals surface area contributed by atoms with Gasteiger partial charge in [0.05, 0.1) is 11.7 Å². The number of pyridine rings is 1. The van der Waals surface area contributed by atoms with Gasteiger partial charge in [-0.3, -0.25) is 9.55 Å². The molecule has 4 aromatic rings. The van der Waals surface area contributed by atoms with Crippen LogP contribution >= 0.6 is 12.6 Å². The molecule has 0 aliphatic carbocycles. The number of hydrogen-bond donors (Lipinski definition) is 2. The lowest BCUT2D eigenvalue weighted by Crippen LogP contribution is -2.06. The molecule has 0 saturated carbocycles. The van der Waals surface area contributed by atoms with Gasteiger partial charge in [0.25, 0.3) is 0 Å². The molecule has 0 atom stereocenters. The molecule has 0 unspecified atom stereocenters. The lowest BCUT2D eigenvalue weighted by Gasteiger charge is -2.09. The number of nitrogens with zero attached hydrogens (tertiary/aromatic N) is 4. The molecule has 3 heterocycles. The van der Waals surface area contributed by atoms with E-state index in [4.69, 9.17) is 0 Å². The fraction of sp³-hybridized carbons (Fsp3) is 0.0556. The summed E-state index contributed by atoms with van der Waals surface area (Å²) >= 11 is 4.47. The maximum Gasteiger partial charge on any atom is 0.236 e. The summed E-state index contributed by atoms with van der Waals surface area (Å²) in [6.45, 7) is 0.657. The number of nitrogens with one attached hydrogen (secondary N) is 1. The van der Waals surface area contributed by atoms with Crippen LogP contribution < -0.4 is 5.32 Å². The molecule has 0 radical (unpaired) electrons. The monoisotopic (exact) mass is 333 g/mol. The van der Waals surface area contributed by atoms with Crippen molar-refractivity contribution >= 4 is 29.3 Å². The summed E-state index contributed by atoms with van der Waals surface area (Å²) in [6, 6.07) is 13.8. The highest BCUT2D eigenvalue weighted by molar-refractivity contribution is 7.80. The number of anilines is 1. The van der Waals surface area contributed by atoms with E-state index < -0.39 is 0 Å². The third-order valence-electron chi connectivity index (χ3n) is 3.81. The minimum absolute atomic E-state index is 0.613. The number of aromatic nitrogens is 4. The average molecular weight is 333 g/mol. The predicted octanol–water partition coefficient (Wildman–Crippen LogP) is 3.72. The molecule has 0 fully saturated rings. The zero-order chi connectivity index (χ0) is 16.4. The lowest BCUT2D eigenvalue weighted by atomic mass is 10.2. The van der Waals surface area contributed by atoms with Crippen LogP contribution in [-0.4, -0.2) is 19.5 Å². The first-order valence-corrected chi connectivity index (χ1v) is 8.01. The van der Waals surface area contributed by atoms with Crippen LogP contribution in [-0.2, 0) is 6.54 Å². The Bertz CT molecular complexity index is 995. The van der Waals surface area contributed by atoms with Crippen LogP contribution in [0.5, 0.6) is 0 Å². The second-order valence-corrected chi connectivity index (χ2v) is 5.83. The third kappa shape index (κ3) is 2.83. The molecule has 0 saturated heterocycles. The van der Waals surface area contributed by atoms with Gasteiger partial charge >= 0.3 is 0 Å². The number of benzene rings is 1. The third-order valence-corrected chi connectivity index (χ3v) is 4.24. The van der Waals surface area contributed by atoms with Gasteiger partial charge in [0.1, 0.15) is 5.82 Å². The topological polar surface area (TPSA) is 55.6 Å². The van der Waals surface area contributed by atoms with Crippen LogP contribution in [0.1, 0.15) is 5.56 Å². The highest BCUT2D eigenvalue weighted by Crippen LogP contribution is 2.18. The molecule has 5 nitrogen and oxygen atoms in total. The maximum absolute atomic E-state index is 4.60. The number of fused-ring (bicyclic) bond motifs is 1. The fourth-order valence-electron chi connectivity index (χ4n) is 2.56. The van der Waals surface area contributed by atoms with Crippen LogP contribution in [0.2, 0.25) is 0 Å². The van der Waals surface area contributed by atoms with Gasteiger partial charge in [0.2, 0.25) is 5.95 Å². The second-order valence-electron chi connectivity index (χ2n) is 5.34.